The van der Waals surface area contributed by atoms with E-state index in [0.29, 0.717) is 6.54 Å². The van der Waals surface area contributed by atoms with Crippen LogP contribution in [0.5, 0.6) is 0 Å². The molecule has 0 bridgehead atoms. The molecule has 0 saturated heterocycles. The van der Waals surface area contributed by atoms with Crippen LogP contribution in [0.2, 0.25) is 10.0 Å². The minimum Gasteiger partial charge on any atom is -0.354 e. The molecule has 0 aliphatic rings. The highest BCUT2D eigenvalue weighted by molar-refractivity contribution is 7.92. The molecule has 4 aromatic carbocycles. The number of hydrogen-bond donors (Lipinski definition) is 1. The third-order valence-electron chi connectivity index (χ3n) is 7.42. The number of nitrogens with zero attached hydrogens (tertiary/aromatic N) is 2. The Labute approximate surface area is 280 Å². The summed E-state index contributed by atoms with van der Waals surface area (Å²) in [6, 6.07) is 24.5. The Morgan fingerprint density at radius 3 is 2.15 bits per heavy atom. The van der Waals surface area contributed by atoms with Crippen LogP contribution in [0.1, 0.15) is 36.5 Å². The Hall–Kier alpha value is -3.92. The van der Waals surface area contributed by atoms with Gasteiger partial charge in [0.25, 0.3) is 10.0 Å². The van der Waals surface area contributed by atoms with E-state index in [1.165, 1.54) is 53.4 Å². The highest BCUT2D eigenvalue weighted by Crippen LogP contribution is 2.30. The van der Waals surface area contributed by atoms with E-state index >= 15 is 4.39 Å². The summed E-state index contributed by atoms with van der Waals surface area (Å²) >= 11 is 12.6. The number of hydrogen-bond acceptors (Lipinski definition) is 4. The van der Waals surface area contributed by atoms with Gasteiger partial charge in [0.15, 0.2) is 0 Å². The molecule has 2 amide bonds. The average molecular weight is 685 g/mol. The molecule has 0 fully saturated rings. The van der Waals surface area contributed by atoms with Crippen molar-refractivity contribution in [1.29, 1.82) is 0 Å². The Morgan fingerprint density at radius 1 is 0.891 bits per heavy atom. The van der Waals surface area contributed by atoms with Crippen LogP contribution in [0.4, 0.5) is 10.1 Å². The number of carbonyl (C=O) groups excluding carboxylic acids is 2. The summed E-state index contributed by atoms with van der Waals surface area (Å²) in [5.74, 6) is -1.71. The number of benzene rings is 4. The zero-order valence-corrected chi connectivity index (χ0v) is 28.0. The fourth-order valence-electron chi connectivity index (χ4n) is 4.92. The highest BCUT2D eigenvalue weighted by atomic mass is 35.5. The number of rotatable bonds is 14. The Kier molecular flexibility index (Phi) is 12.2. The first kappa shape index (κ1) is 34.9. The number of sulfonamides is 1. The van der Waals surface area contributed by atoms with Crippen molar-refractivity contribution in [2.24, 2.45) is 0 Å². The summed E-state index contributed by atoms with van der Waals surface area (Å²) in [6.07, 6.45) is 1.69. The lowest BCUT2D eigenvalue weighted by molar-refractivity contribution is -0.140. The SMILES string of the molecule is CCCCNC(=O)C(Cc1ccccc1)N(Cc1ccccc1F)C(=O)CN(c1cc(Cl)cc(Cl)c1)S(=O)(=O)c1ccc(C)cc1. The summed E-state index contributed by atoms with van der Waals surface area (Å²) in [7, 11) is -4.34. The molecule has 0 aliphatic carbocycles. The largest absolute Gasteiger partial charge is 0.354 e. The van der Waals surface area contributed by atoms with Gasteiger partial charge in [-0.25, -0.2) is 12.8 Å². The molecular weight excluding hydrogens is 648 g/mol. The lowest BCUT2D eigenvalue weighted by Crippen LogP contribution is -2.53. The zero-order valence-electron chi connectivity index (χ0n) is 25.6. The van der Waals surface area contributed by atoms with E-state index in [-0.39, 0.29) is 39.2 Å². The molecule has 1 unspecified atom stereocenters. The molecule has 1 N–H and O–H groups in total. The van der Waals surface area contributed by atoms with Gasteiger partial charge in [0.05, 0.1) is 10.6 Å². The van der Waals surface area contributed by atoms with Gasteiger partial charge >= 0.3 is 0 Å². The molecular formula is C35H36Cl2FN3O4S. The molecule has 4 rings (SSSR count). The van der Waals surface area contributed by atoms with Crippen LogP contribution in [-0.2, 0) is 32.6 Å². The van der Waals surface area contributed by atoms with Crippen molar-refractivity contribution in [3.63, 3.8) is 0 Å². The van der Waals surface area contributed by atoms with E-state index in [9.17, 15) is 18.0 Å². The average Bonchev–Trinajstić information content (AvgIpc) is 3.02. The van der Waals surface area contributed by atoms with Gasteiger partial charge in [-0.05, 0) is 55.3 Å². The van der Waals surface area contributed by atoms with Crippen molar-refractivity contribution in [2.75, 3.05) is 17.4 Å². The van der Waals surface area contributed by atoms with Crippen LogP contribution in [0.25, 0.3) is 0 Å². The maximum Gasteiger partial charge on any atom is 0.264 e. The molecule has 1 atom stereocenters. The maximum absolute atomic E-state index is 15.0. The van der Waals surface area contributed by atoms with Gasteiger partial charge in [-0.15, -0.1) is 0 Å². The predicted molar refractivity (Wildman–Crippen MR) is 181 cm³/mol. The summed E-state index contributed by atoms with van der Waals surface area (Å²) in [4.78, 5) is 29.4. The van der Waals surface area contributed by atoms with E-state index in [1.54, 1.807) is 18.2 Å². The normalized spacial score (nSPS) is 11.9. The molecule has 46 heavy (non-hydrogen) atoms. The van der Waals surface area contributed by atoms with E-state index in [4.69, 9.17) is 23.2 Å². The topological polar surface area (TPSA) is 86.8 Å². The third kappa shape index (κ3) is 9.09. The molecule has 7 nitrogen and oxygen atoms in total. The fraction of sp³-hybridized carbons (Fsp3) is 0.257. The molecule has 0 heterocycles. The van der Waals surface area contributed by atoms with Crippen molar-refractivity contribution in [3.05, 3.63) is 130 Å². The number of anilines is 1. The van der Waals surface area contributed by atoms with E-state index in [0.717, 1.165) is 28.3 Å². The third-order valence-corrected chi connectivity index (χ3v) is 9.65. The smallest absolute Gasteiger partial charge is 0.264 e. The second-order valence-corrected chi connectivity index (χ2v) is 13.7. The minimum absolute atomic E-state index is 0.0548. The van der Waals surface area contributed by atoms with Gasteiger partial charge in [-0.2, -0.15) is 0 Å². The van der Waals surface area contributed by atoms with E-state index in [1.807, 2.05) is 44.2 Å². The summed E-state index contributed by atoms with van der Waals surface area (Å²) in [5, 5.41) is 3.24. The molecule has 0 aliphatic heterocycles. The summed E-state index contributed by atoms with van der Waals surface area (Å²) < 4.78 is 44.2. The van der Waals surface area contributed by atoms with Crippen molar-refractivity contribution in [3.8, 4) is 0 Å². The number of halogens is 3. The molecule has 4 aromatic rings. The maximum atomic E-state index is 15.0. The van der Waals surface area contributed by atoms with E-state index in [2.05, 4.69) is 5.32 Å². The van der Waals surface area contributed by atoms with Crippen molar-refractivity contribution in [2.45, 2.75) is 50.6 Å². The van der Waals surface area contributed by atoms with Crippen LogP contribution in [0.15, 0.2) is 102 Å². The Balaban J connectivity index is 1.82. The molecule has 0 saturated carbocycles. The Bertz CT molecular complexity index is 1740. The molecule has 242 valence electrons. The first-order valence-corrected chi connectivity index (χ1v) is 17.1. The number of nitrogens with one attached hydrogen (secondary N) is 1. The first-order chi connectivity index (χ1) is 22.0. The number of carbonyl (C=O) groups is 2. The predicted octanol–water partition coefficient (Wildman–Crippen LogP) is 7.19. The second-order valence-electron chi connectivity index (χ2n) is 10.9. The lowest BCUT2D eigenvalue weighted by atomic mass is 10.0. The zero-order chi connectivity index (χ0) is 33.3. The van der Waals surface area contributed by atoms with Crippen LogP contribution in [0, 0.1) is 12.7 Å². The number of aryl methyl sites for hydroxylation is 1. The van der Waals surface area contributed by atoms with Crippen LogP contribution >= 0.6 is 23.2 Å². The number of unbranched alkanes of at least 4 members (excludes halogenated alkanes) is 1. The highest BCUT2D eigenvalue weighted by Gasteiger charge is 2.35. The summed E-state index contributed by atoms with van der Waals surface area (Å²) in [5.41, 5.74) is 1.86. The summed E-state index contributed by atoms with van der Waals surface area (Å²) in [6.45, 7) is 3.21. The first-order valence-electron chi connectivity index (χ1n) is 14.9. The second kappa shape index (κ2) is 16.1. The fourth-order valence-corrected chi connectivity index (χ4v) is 6.83. The van der Waals surface area contributed by atoms with Crippen molar-refractivity contribution in [1.82, 2.24) is 10.2 Å². The van der Waals surface area contributed by atoms with Crippen molar-refractivity contribution >= 4 is 50.7 Å². The molecule has 0 aromatic heterocycles. The van der Waals surface area contributed by atoms with Crippen molar-refractivity contribution < 1.29 is 22.4 Å². The van der Waals surface area contributed by atoms with Crippen LogP contribution in [-0.4, -0.2) is 44.3 Å². The standard InChI is InChI=1S/C35H36Cl2FN3O4S/c1-3-4-18-39-35(43)33(19-26-10-6-5-7-11-26)40(23-27-12-8-9-13-32(27)38)34(42)24-41(30-21-28(36)20-29(37)22-30)46(44,45)31-16-14-25(2)15-17-31/h5-17,20-22,33H,3-4,18-19,23-24H2,1-2H3,(H,39,43). The monoisotopic (exact) mass is 683 g/mol. The van der Waals surface area contributed by atoms with Crippen LogP contribution < -0.4 is 9.62 Å². The Morgan fingerprint density at radius 2 is 1.52 bits per heavy atom. The van der Waals surface area contributed by atoms with Gasteiger partial charge in [0, 0.05) is 35.1 Å². The molecule has 0 spiro atoms. The van der Waals surface area contributed by atoms with Gasteiger partial charge in [-0.1, -0.05) is 103 Å². The van der Waals surface area contributed by atoms with Gasteiger partial charge in [0.1, 0.15) is 18.4 Å². The molecule has 0 radical (unpaired) electrons. The lowest BCUT2D eigenvalue weighted by Gasteiger charge is -2.34. The quantitative estimate of drug-likeness (QED) is 0.143. The minimum atomic E-state index is -4.34. The van der Waals surface area contributed by atoms with Gasteiger partial charge in [0.2, 0.25) is 11.8 Å². The van der Waals surface area contributed by atoms with Crippen LogP contribution in [0.3, 0.4) is 0 Å². The molecule has 11 heteroatoms. The van der Waals surface area contributed by atoms with E-state index < -0.39 is 40.2 Å². The number of amides is 2. The van der Waals surface area contributed by atoms with Gasteiger partial charge < -0.3 is 10.2 Å². The van der Waals surface area contributed by atoms with Gasteiger partial charge in [-0.3, -0.25) is 13.9 Å².